The summed E-state index contributed by atoms with van der Waals surface area (Å²) in [6, 6.07) is 0. The Kier molecular flexibility index (Phi) is 5.92. The zero-order valence-corrected chi connectivity index (χ0v) is 11.3. The first-order chi connectivity index (χ1) is 7.97. The van der Waals surface area contributed by atoms with Crippen molar-refractivity contribution in [1.82, 2.24) is 10.6 Å². The molecule has 0 saturated carbocycles. The van der Waals surface area contributed by atoms with Crippen LogP contribution in [0.3, 0.4) is 0 Å². The summed E-state index contributed by atoms with van der Waals surface area (Å²) in [6.07, 6.45) is 5.04. The summed E-state index contributed by atoms with van der Waals surface area (Å²) in [5.74, 6) is 0.0645. The lowest BCUT2D eigenvalue weighted by Gasteiger charge is -2.20. The number of rotatable bonds is 6. The molecule has 1 aliphatic heterocycles. The molecule has 4 nitrogen and oxygen atoms in total. The van der Waals surface area contributed by atoms with E-state index in [4.69, 9.17) is 4.74 Å². The van der Waals surface area contributed by atoms with Crippen LogP contribution in [0, 0.1) is 0 Å². The molecule has 1 saturated heterocycles. The lowest BCUT2D eigenvalue weighted by atomic mass is 10.1. The predicted octanol–water partition coefficient (Wildman–Crippen LogP) is 1.45. The molecular formula is C13H26N2O2. The van der Waals surface area contributed by atoms with Crippen LogP contribution in [0.4, 0.5) is 0 Å². The topological polar surface area (TPSA) is 50.4 Å². The molecule has 0 radical (unpaired) electrons. The summed E-state index contributed by atoms with van der Waals surface area (Å²) in [6.45, 7) is 8.18. The van der Waals surface area contributed by atoms with Gasteiger partial charge in [-0.2, -0.15) is 0 Å². The fourth-order valence-electron chi connectivity index (χ4n) is 1.99. The number of ether oxygens (including phenoxy) is 1. The Morgan fingerprint density at radius 3 is 2.76 bits per heavy atom. The molecule has 0 aromatic heterocycles. The number of amides is 1. The Labute approximate surface area is 104 Å². The van der Waals surface area contributed by atoms with Crippen LogP contribution < -0.4 is 10.6 Å². The molecule has 100 valence electrons. The van der Waals surface area contributed by atoms with Crippen LogP contribution in [-0.4, -0.2) is 37.2 Å². The van der Waals surface area contributed by atoms with Gasteiger partial charge in [0.15, 0.2) is 0 Å². The van der Waals surface area contributed by atoms with Crippen molar-refractivity contribution in [2.75, 3.05) is 19.7 Å². The molecule has 1 aliphatic rings. The van der Waals surface area contributed by atoms with Gasteiger partial charge in [0.2, 0.25) is 5.91 Å². The molecule has 4 heteroatoms. The van der Waals surface area contributed by atoms with E-state index in [1.807, 2.05) is 20.8 Å². The molecule has 0 bridgehead atoms. The van der Waals surface area contributed by atoms with Gasteiger partial charge in [0.1, 0.15) is 0 Å². The summed E-state index contributed by atoms with van der Waals surface area (Å²) in [5, 5.41) is 6.09. The monoisotopic (exact) mass is 242 g/mol. The Bertz CT molecular complexity index is 230. The molecule has 1 atom stereocenters. The van der Waals surface area contributed by atoms with Gasteiger partial charge in [-0.05, 0) is 53.0 Å². The maximum absolute atomic E-state index is 11.5. The van der Waals surface area contributed by atoms with Crippen molar-refractivity contribution < 1.29 is 9.53 Å². The molecule has 0 aromatic rings. The minimum Gasteiger partial charge on any atom is -0.378 e. The predicted molar refractivity (Wildman–Crippen MR) is 69.0 cm³/mol. The third kappa shape index (κ3) is 7.34. The summed E-state index contributed by atoms with van der Waals surface area (Å²) in [7, 11) is 0. The van der Waals surface area contributed by atoms with Gasteiger partial charge in [-0.3, -0.25) is 4.79 Å². The number of hydrogen-bond acceptors (Lipinski definition) is 3. The highest BCUT2D eigenvalue weighted by atomic mass is 16.5. The van der Waals surface area contributed by atoms with Gasteiger partial charge in [-0.25, -0.2) is 0 Å². The molecule has 0 aromatic carbocycles. The number of nitrogens with one attached hydrogen (secondary N) is 2. The lowest BCUT2D eigenvalue weighted by molar-refractivity contribution is -0.121. The molecule has 0 aliphatic carbocycles. The van der Waals surface area contributed by atoms with Gasteiger partial charge in [-0.1, -0.05) is 0 Å². The number of carbonyl (C=O) groups is 1. The maximum atomic E-state index is 11.5. The SMILES string of the molecule is CC(C)(C)NC(=O)CNCCCC1CCCO1. The maximum Gasteiger partial charge on any atom is 0.234 e. The summed E-state index contributed by atoms with van der Waals surface area (Å²) >= 11 is 0. The van der Waals surface area contributed by atoms with Gasteiger partial charge < -0.3 is 15.4 Å². The van der Waals surface area contributed by atoms with E-state index >= 15 is 0 Å². The number of hydrogen-bond donors (Lipinski definition) is 2. The fraction of sp³-hybridized carbons (Fsp3) is 0.923. The second kappa shape index (κ2) is 6.97. The van der Waals surface area contributed by atoms with E-state index in [2.05, 4.69) is 10.6 Å². The van der Waals surface area contributed by atoms with Crippen LogP contribution in [0.2, 0.25) is 0 Å². The molecule has 1 amide bonds. The normalized spacial score (nSPS) is 20.5. The second-order valence-electron chi connectivity index (χ2n) is 5.75. The van der Waals surface area contributed by atoms with E-state index in [-0.39, 0.29) is 11.4 Å². The minimum atomic E-state index is -0.142. The Balaban J connectivity index is 1.94. The highest BCUT2D eigenvalue weighted by Crippen LogP contribution is 2.16. The standard InChI is InChI=1S/C13H26N2O2/c1-13(2,3)15-12(16)10-14-8-4-6-11-7-5-9-17-11/h11,14H,4-10H2,1-3H3,(H,15,16). The van der Waals surface area contributed by atoms with Crippen molar-refractivity contribution in [1.29, 1.82) is 0 Å². The highest BCUT2D eigenvalue weighted by molar-refractivity contribution is 5.78. The zero-order valence-electron chi connectivity index (χ0n) is 11.3. The first-order valence-electron chi connectivity index (χ1n) is 6.61. The van der Waals surface area contributed by atoms with Crippen LogP contribution in [0.15, 0.2) is 0 Å². The molecular weight excluding hydrogens is 216 g/mol. The largest absolute Gasteiger partial charge is 0.378 e. The van der Waals surface area contributed by atoms with Crippen molar-refractivity contribution in [3.63, 3.8) is 0 Å². The highest BCUT2D eigenvalue weighted by Gasteiger charge is 2.15. The lowest BCUT2D eigenvalue weighted by Crippen LogP contribution is -2.45. The van der Waals surface area contributed by atoms with Gasteiger partial charge in [0, 0.05) is 12.1 Å². The van der Waals surface area contributed by atoms with Crippen LogP contribution in [0.25, 0.3) is 0 Å². The first-order valence-corrected chi connectivity index (χ1v) is 6.61. The van der Waals surface area contributed by atoms with Crippen LogP contribution in [-0.2, 0) is 9.53 Å². The molecule has 1 fully saturated rings. The van der Waals surface area contributed by atoms with Crippen LogP contribution in [0.1, 0.15) is 46.5 Å². The third-order valence-electron chi connectivity index (χ3n) is 2.70. The van der Waals surface area contributed by atoms with Crippen molar-refractivity contribution in [3.8, 4) is 0 Å². The average Bonchev–Trinajstić information content (AvgIpc) is 2.67. The van der Waals surface area contributed by atoms with Crippen molar-refractivity contribution in [3.05, 3.63) is 0 Å². The Morgan fingerprint density at radius 2 is 2.18 bits per heavy atom. The minimum absolute atomic E-state index is 0.0645. The van der Waals surface area contributed by atoms with Crippen molar-refractivity contribution >= 4 is 5.91 Å². The Morgan fingerprint density at radius 1 is 1.41 bits per heavy atom. The molecule has 2 N–H and O–H groups in total. The van der Waals surface area contributed by atoms with Gasteiger partial charge >= 0.3 is 0 Å². The number of carbonyl (C=O) groups excluding carboxylic acids is 1. The van der Waals surface area contributed by atoms with Crippen molar-refractivity contribution in [2.24, 2.45) is 0 Å². The zero-order chi connectivity index (χ0) is 12.7. The quantitative estimate of drug-likeness (QED) is 0.693. The van der Waals surface area contributed by atoms with E-state index in [9.17, 15) is 4.79 Å². The summed E-state index contributed by atoms with van der Waals surface area (Å²) in [5.41, 5.74) is -0.142. The van der Waals surface area contributed by atoms with E-state index in [0.29, 0.717) is 12.6 Å². The van der Waals surface area contributed by atoms with Crippen LogP contribution >= 0.6 is 0 Å². The van der Waals surface area contributed by atoms with Gasteiger partial charge in [0.05, 0.1) is 12.6 Å². The Hall–Kier alpha value is -0.610. The van der Waals surface area contributed by atoms with Crippen molar-refractivity contribution in [2.45, 2.75) is 58.1 Å². The third-order valence-corrected chi connectivity index (χ3v) is 2.70. The molecule has 0 spiro atoms. The molecule has 1 unspecified atom stereocenters. The molecule has 1 rings (SSSR count). The van der Waals surface area contributed by atoms with Crippen LogP contribution in [0.5, 0.6) is 0 Å². The second-order valence-corrected chi connectivity index (χ2v) is 5.75. The van der Waals surface area contributed by atoms with Gasteiger partial charge in [-0.15, -0.1) is 0 Å². The van der Waals surface area contributed by atoms with E-state index in [1.165, 1.54) is 12.8 Å². The summed E-state index contributed by atoms with van der Waals surface area (Å²) in [4.78, 5) is 11.5. The smallest absolute Gasteiger partial charge is 0.234 e. The average molecular weight is 242 g/mol. The van der Waals surface area contributed by atoms with E-state index in [0.717, 1.165) is 26.0 Å². The fourth-order valence-corrected chi connectivity index (χ4v) is 1.99. The molecule has 1 heterocycles. The molecule has 17 heavy (non-hydrogen) atoms. The van der Waals surface area contributed by atoms with E-state index < -0.39 is 0 Å². The first kappa shape index (κ1) is 14.5. The summed E-state index contributed by atoms with van der Waals surface area (Å²) < 4.78 is 5.54. The van der Waals surface area contributed by atoms with E-state index in [1.54, 1.807) is 0 Å². The van der Waals surface area contributed by atoms with Gasteiger partial charge in [0.25, 0.3) is 0 Å².